The Bertz CT molecular complexity index is 270. The molecule has 18 heavy (non-hydrogen) atoms. The fraction of sp³-hybridized carbons (Fsp3) is 1.00. The van der Waals surface area contributed by atoms with Gasteiger partial charge in [0.05, 0.1) is 0 Å². The molecule has 0 aromatic carbocycles. The second-order valence-electron chi connectivity index (χ2n) is 7.31. The average molecular weight is 250 g/mol. The Kier molecular flexibility index (Phi) is 3.95. The summed E-state index contributed by atoms with van der Waals surface area (Å²) in [6.07, 6.45) is 13.0. The van der Waals surface area contributed by atoms with Gasteiger partial charge in [0.2, 0.25) is 0 Å². The van der Waals surface area contributed by atoms with Gasteiger partial charge in [-0.2, -0.15) is 0 Å². The first-order valence-electron chi connectivity index (χ1n) is 8.23. The maximum Gasteiger partial charge on any atom is 0.0111 e. The van der Waals surface area contributed by atoms with Gasteiger partial charge in [-0.1, -0.05) is 26.2 Å². The molecule has 0 amide bonds. The summed E-state index contributed by atoms with van der Waals surface area (Å²) in [6.45, 7) is 6.49. The van der Waals surface area contributed by atoms with E-state index in [2.05, 4.69) is 17.1 Å². The molecule has 0 aromatic rings. The summed E-state index contributed by atoms with van der Waals surface area (Å²) in [5.41, 5.74) is 0.602. The van der Waals surface area contributed by atoms with E-state index in [1.165, 1.54) is 77.4 Å². The van der Waals surface area contributed by atoms with E-state index in [0.717, 1.165) is 12.1 Å². The highest BCUT2D eigenvalue weighted by Crippen LogP contribution is 2.35. The molecule has 2 atom stereocenters. The summed E-state index contributed by atoms with van der Waals surface area (Å²) in [7, 11) is 0. The van der Waals surface area contributed by atoms with Gasteiger partial charge in [-0.05, 0) is 57.0 Å². The topological polar surface area (TPSA) is 15.3 Å². The number of nitrogens with zero attached hydrogens (tertiary/aromatic N) is 1. The molecule has 3 aliphatic rings. The number of hydrogen-bond donors (Lipinski definition) is 1. The number of fused-ring (bicyclic) bond motifs is 1. The number of hydrogen-bond acceptors (Lipinski definition) is 2. The minimum Gasteiger partial charge on any atom is -0.313 e. The van der Waals surface area contributed by atoms with Crippen LogP contribution in [0.1, 0.15) is 64.7 Å². The molecule has 1 N–H and O–H groups in total. The summed E-state index contributed by atoms with van der Waals surface area (Å²) < 4.78 is 0. The Hall–Kier alpha value is -0.0800. The molecule has 1 saturated carbocycles. The molecule has 104 valence electrons. The lowest BCUT2D eigenvalue weighted by Gasteiger charge is -2.39. The summed E-state index contributed by atoms with van der Waals surface area (Å²) in [5.74, 6) is 0. The highest BCUT2D eigenvalue weighted by molar-refractivity contribution is 4.90. The van der Waals surface area contributed by atoms with Crippen molar-refractivity contribution in [2.24, 2.45) is 5.41 Å². The van der Waals surface area contributed by atoms with Crippen molar-refractivity contribution in [1.82, 2.24) is 10.2 Å². The fourth-order valence-electron chi connectivity index (χ4n) is 4.38. The minimum absolute atomic E-state index is 0.602. The maximum absolute atomic E-state index is 3.92. The van der Waals surface area contributed by atoms with E-state index >= 15 is 0 Å². The standard InChI is InChI=1S/C16H30N2/c1-16(8-3-2-4-9-16)13-17-14-7-11-18-10-5-6-15(18)12-14/h14-15,17H,2-13H2,1H3. The second-order valence-corrected chi connectivity index (χ2v) is 7.31. The fourth-order valence-corrected chi connectivity index (χ4v) is 4.38. The molecule has 2 saturated heterocycles. The predicted octanol–water partition coefficient (Wildman–Crippen LogP) is 3.17. The second kappa shape index (κ2) is 5.50. The normalized spacial score (nSPS) is 36.5. The Morgan fingerprint density at radius 3 is 2.72 bits per heavy atom. The van der Waals surface area contributed by atoms with Crippen LogP contribution in [-0.2, 0) is 0 Å². The zero-order chi connectivity index (χ0) is 12.4. The quantitative estimate of drug-likeness (QED) is 0.827. The zero-order valence-electron chi connectivity index (χ0n) is 12.1. The Morgan fingerprint density at radius 1 is 1.06 bits per heavy atom. The van der Waals surface area contributed by atoms with E-state index in [1.807, 2.05) is 0 Å². The van der Waals surface area contributed by atoms with Gasteiger partial charge in [-0.25, -0.2) is 0 Å². The first-order valence-corrected chi connectivity index (χ1v) is 8.23. The molecule has 0 spiro atoms. The van der Waals surface area contributed by atoms with Gasteiger partial charge in [0.25, 0.3) is 0 Å². The Morgan fingerprint density at radius 2 is 1.89 bits per heavy atom. The van der Waals surface area contributed by atoms with Crippen LogP contribution in [0.4, 0.5) is 0 Å². The molecule has 0 aromatic heterocycles. The van der Waals surface area contributed by atoms with Crippen LogP contribution in [0.2, 0.25) is 0 Å². The van der Waals surface area contributed by atoms with Crippen molar-refractivity contribution in [1.29, 1.82) is 0 Å². The van der Waals surface area contributed by atoms with E-state index in [0.29, 0.717) is 5.41 Å². The van der Waals surface area contributed by atoms with Crippen LogP contribution < -0.4 is 5.32 Å². The van der Waals surface area contributed by atoms with E-state index in [-0.39, 0.29) is 0 Å². The van der Waals surface area contributed by atoms with Crippen LogP contribution in [-0.4, -0.2) is 36.6 Å². The molecule has 2 unspecified atom stereocenters. The van der Waals surface area contributed by atoms with Crippen molar-refractivity contribution < 1.29 is 0 Å². The summed E-state index contributed by atoms with van der Waals surface area (Å²) >= 11 is 0. The molecular weight excluding hydrogens is 220 g/mol. The highest BCUT2D eigenvalue weighted by Gasteiger charge is 2.33. The van der Waals surface area contributed by atoms with Crippen LogP contribution in [0.15, 0.2) is 0 Å². The summed E-state index contributed by atoms with van der Waals surface area (Å²) in [6, 6.07) is 1.72. The highest BCUT2D eigenvalue weighted by atomic mass is 15.2. The van der Waals surface area contributed by atoms with Crippen LogP contribution in [0.25, 0.3) is 0 Å². The SMILES string of the molecule is CC1(CNC2CCN3CCCC3C2)CCCCC1. The zero-order valence-corrected chi connectivity index (χ0v) is 12.1. The van der Waals surface area contributed by atoms with Crippen molar-refractivity contribution in [2.75, 3.05) is 19.6 Å². The lowest BCUT2D eigenvalue weighted by Crippen LogP contribution is -2.48. The monoisotopic (exact) mass is 250 g/mol. The molecule has 2 nitrogen and oxygen atoms in total. The summed E-state index contributed by atoms with van der Waals surface area (Å²) in [5, 5.41) is 3.92. The Labute approximate surface area is 113 Å². The summed E-state index contributed by atoms with van der Waals surface area (Å²) in [4.78, 5) is 2.72. The van der Waals surface area contributed by atoms with Crippen LogP contribution in [0, 0.1) is 5.41 Å². The first-order chi connectivity index (χ1) is 8.75. The van der Waals surface area contributed by atoms with Crippen molar-refractivity contribution in [3.8, 4) is 0 Å². The van der Waals surface area contributed by atoms with Gasteiger partial charge >= 0.3 is 0 Å². The number of piperidine rings is 1. The van der Waals surface area contributed by atoms with Crippen molar-refractivity contribution in [3.63, 3.8) is 0 Å². The third kappa shape index (κ3) is 2.91. The molecule has 2 aliphatic heterocycles. The molecule has 2 heterocycles. The average Bonchev–Trinajstić information content (AvgIpc) is 2.85. The van der Waals surface area contributed by atoms with E-state index < -0.39 is 0 Å². The van der Waals surface area contributed by atoms with Gasteiger partial charge in [0.15, 0.2) is 0 Å². The molecule has 1 aliphatic carbocycles. The van der Waals surface area contributed by atoms with Crippen molar-refractivity contribution in [2.45, 2.75) is 76.8 Å². The predicted molar refractivity (Wildman–Crippen MR) is 76.8 cm³/mol. The van der Waals surface area contributed by atoms with Gasteiger partial charge in [-0.3, -0.25) is 0 Å². The number of rotatable bonds is 3. The minimum atomic E-state index is 0.602. The van der Waals surface area contributed by atoms with Gasteiger partial charge in [-0.15, -0.1) is 0 Å². The van der Waals surface area contributed by atoms with Crippen LogP contribution in [0.3, 0.4) is 0 Å². The van der Waals surface area contributed by atoms with Crippen LogP contribution >= 0.6 is 0 Å². The smallest absolute Gasteiger partial charge is 0.0111 e. The largest absolute Gasteiger partial charge is 0.313 e. The molecular formula is C16H30N2. The Balaban J connectivity index is 1.45. The van der Waals surface area contributed by atoms with Gasteiger partial charge < -0.3 is 10.2 Å². The molecule has 2 heteroatoms. The molecule has 0 bridgehead atoms. The van der Waals surface area contributed by atoms with Gasteiger partial charge in [0, 0.05) is 18.6 Å². The number of nitrogens with one attached hydrogen (secondary N) is 1. The third-order valence-electron chi connectivity index (χ3n) is 5.70. The van der Waals surface area contributed by atoms with Crippen molar-refractivity contribution in [3.05, 3.63) is 0 Å². The van der Waals surface area contributed by atoms with Crippen molar-refractivity contribution >= 4 is 0 Å². The first kappa shape index (κ1) is 12.9. The van der Waals surface area contributed by atoms with E-state index in [1.54, 1.807) is 0 Å². The maximum atomic E-state index is 3.92. The molecule has 0 radical (unpaired) electrons. The van der Waals surface area contributed by atoms with Crippen LogP contribution in [0.5, 0.6) is 0 Å². The lowest BCUT2D eigenvalue weighted by molar-refractivity contribution is 0.145. The third-order valence-corrected chi connectivity index (χ3v) is 5.70. The molecule has 3 fully saturated rings. The molecule has 3 rings (SSSR count). The lowest BCUT2D eigenvalue weighted by atomic mass is 9.75. The van der Waals surface area contributed by atoms with Gasteiger partial charge in [0.1, 0.15) is 0 Å². The van der Waals surface area contributed by atoms with E-state index in [9.17, 15) is 0 Å². The van der Waals surface area contributed by atoms with E-state index in [4.69, 9.17) is 0 Å².